The molecule has 9 nitrogen and oxygen atoms in total. The molecule has 42 heavy (non-hydrogen) atoms. The number of aliphatic hydroxyl groups is 2. The van der Waals surface area contributed by atoms with Gasteiger partial charge in [-0.15, -0.1) is 0 Å². The summed E-state index contributed by atoms with van der Waals surface area (Å²) < 4.78 is 0. The molecule has 2 saturated heterocycles. The van der Waals surface area contributed by atoms with Gasteiger partial charge in [-0.2, -0.15) is 0 Å². The average molecular weight is 584 g/mol. The summed E-state index contributed by atoms with van der Waals surface area (Å²) in [6.45, 7) is 9.27. The van der Waals surface area contributed by atoms with E-state index < -0.39 is 24.1 Å². The number of nitrogens with zero attached hydrogens (tertiary/aromatic N) is 2. The van der Waals surface area contributed by atoms with E-state index in [0.717, 1.165) is 49.6 Å². The van der Waals surface area contributed by atoms with Crippen molar-refractivity contribution in [2.24, 2.45) is 41.4 Å². The first-order valence-electron chi connectivity index (χ1n) is 16.1. The maximum Gasteiger partial charge on any atom is 0.394 e. The van der Waals surface area contributed by atoms with Gasteiger partial charge in [-0.25, -0.2) is 4.79 Å². The van der Waals surface area contributed by atoms with Crippen molar-refractivity contribution in [2.75, 3.05) is 23.3 Å². The normalized spacial score (nSPS) is 35.1. The van der Waals surface area contributed by atoms with Gasteiger partial charge in [0.05, 0.1) is 11.4 Å². The maximum atomic E-state index is 13.4. The first-order chi connectivity index (χ1) is 20.0. The van der Waals surface area contributed by atoms with Crippen LogP contribution in [0.4, 0.5) is 11.4 Å². The minimum atomic E-state index is -2.22. The van der Waals surface area contributed by atoms with E-state index in [2.05, 4.69) is 31.0 Å². The molecule has 4 bridgehead atoms. The zero-order valence-electron chi connectivity index (χ0n) is 25.3. The predicted octanol–water partition coefficient (Wildman–Crippen LogP) is 4.33. The van der Waals surface area contributed by atoms with Gasteiger partial charge in [-0.3, -0.25) is 14.5 Å². The molecule has 0 radical (unpaired) electrons. The number of carboxylic acid groups (broad SMARTS) is 1. The number of para-hydroxylation sites is 2. The fourth-order valence-corrected chi connectivity index (χ4v) is 9.05. The monoisotopic (exact) mass is 583 g/mol. The number of hydrogen-bond donors (Lipinski definition) is 4. The van der Waals surface area contributed by atoms with Gasteiger partial charge in [0.25, 0.3) is 5.91 Å². The lowest BCUT2D eigenvalue weighted by molar-refractivity contribution is -0.147. The summed E-state index contributed by atoms with van der Waals surface area (Å²) >= 11 is 0. The van der Waals surface area contributed by atoms with Crippen LogP contribution in [0.1, 0.15) is 78.6 Å². The van der Waals surface area contributed by atoms with Crippen molar-refractivity contribution in [3.05, 3.63) is 24.3 Å². The number of aliphatic carboxylic acids is 1. The molecule has 4 N–H and O–H groups in total. The van der Waals surface area contributed by atoms with Gasteiger partial charge in [0.2, 0.25) is 6.29 Å². The van der Waals surface area contributed by atoms with Crippen molar-refractivity contribution < 1.29 is 29.7 Å². The Morgan fingerprint density at radius 1 is 0.905 bits per heavy atom. The Bertz CT molecular complexity index is 1120. The number of nitrogens with one attached hydrogen (secondary N) is 1. The van der Waals surface area contributed by atoms with Crippen LogP contribution in [0.5, 0.6) is 0 Å². The Hall–Kier alpha value is -2.49. The number of anilines is 2. The lowest BCUT2D eigenvalue weighted by atomic mass is 9.75. The van der Waals surface area contributed by atoms with Crippen LogP contribution in [0.3, 0.4) is 0 Å². The van der Waals surface area contributed by atoms with Crippen molar-refractivity contribution >= 4 is 29.2 Å². The molecular formula is C33H49N3O6. The second-order valence-electron chi connectivity index (χ2n) is 14.1. The van der Waals surface area contributed by atoms with Crippen LogP contribution in [0.2, 0.25) is 0 Å². The Labute approximate surface area is 249 Å². The van der Waals surface area contributed by atoms with Gasteiger partial charge in [-0.05, 0) is 111 Å². The molecule has 8 atom stereocenters. The van der Waals surface area contributed by atoms with Crippen LogP contribution < -0.4 is 10.2 Å². The summed E-state index contributed by atoms with van der Waals surface area (Å²) in [5, 5.41) is 31.7. The number of amides is 2. The SMILES string of the molecule is CC1CC(C)C2CCC1CC(CN1CC3CCC(C)C1CC(N(C(=O)C(O)O)c1ccccc1NC(=O)C(=O)O)C3)C2. The number of benzene rings is 1. The van der Waals surface area contributed by atoms with Crippen LogP contribution in [-0.2, 0) is 14.4 Å². The van der Waals surface area contributed by atoms with E-state index in [4.69, 9.17) is 0 Å². The molecule has 8 unspecified atom stereocenters. The van der Waals surface area contributed by atoms with Crippen LogP contribution in [0.15, 0.2) is 24.3 Å². The lowest BCUT2D eigenvalue weighted by Gasteiger charge is -2.41. The van der Waals surface area contributed by atoms with E-state index in [-0.39, 0.29) is 23.5 Å². The quantitative estimate of drug-likeness (QED) is 0.290. The molecule has 5 rings (SSSR count). The molecule has 0 spiro atoms. The third kappa shape index (κ3) is 6.68. The number of aliphatic hydroxyl groups excluding tert-OH is 1. The van der Waals surface area contributed by atoms with E-state index in [9.17, 15) is 29.7 Å². The van der Waals surface area contributed by atoms with Crippen molar-refractivity contribution in [3.63, 3.8) is 0 Å². The highest BCUT2D eigenvalue weighted by molar-refractivity contribution is 6.36. The molecule has 1 aromatic carbocycles. The van der Waals surface area contributed by atoms with E-state index >= 15 is 0 Å². The van der Waals surface area contributed by atoms with Crippen molar-refractivity contribution in [1.82, 2.24) is 4.90 Å². The summed E-state index contributed by atoms with van der Waals surface area (Å²) in [4.78, 5) is 40.9. The number of carboxylic acids is 1. The standard InChI is InChI=1S/C33H49N3O6/c1-19-8-9-22-15-26(36(31(38)33(41)42)28-7-5-4-6-27(28)34-30(37)32(39)40)16-29(19)35(17-22)18-23-13-24-10-11-25(14-23)21(3)12-20(24)2/h4-7,19-26,29,33,41-42H,8-18H2,1-3H3,(H,34,37)(H,39,40). The number of carbonyl (C=O) groups excluding carboxylic acids is 2. The van der Waals surface area contributed by atoms with E-state index in [1.165, 1.54) is 43.1 Å². The zero-order valence-corrected chi connectivity index (χ0v) is 25.3. The highest BCUT2D eigenvalue weighted by Crippen LogP contribution is 2.47. The summed E-state index contributed by atoms with van der Waals surface area (Å²) in [6, 6.07) is 6.44. The van der Waals surface area contributed by atoms with E-state index in [0.29, 0.717) is 30.6 Å². The van der Waals surface area contributed by atoms with Crippen LogP contribution in [-0.4, -0.2) is 69.5 Å². The Kier molecular flexibility index (Phi) is 9.59. The molecule has 2 saturated carbocycles. The molecule has 9 heteroatoms. The molecular weight excluding hydrogens is 534 g/mol. The second-order valence-corrected chi connectivity index (χ2v) is 14.1. The fraction of sp³-hybridized carbons (Fsp3) is 0.727. The second kappa shape index (κ2) is 13.0. The third-order valence-corrected chi connectivity index (χ3v) is 11.2. The van der Waals surface area contributed by atoms with Gasteiger partial charge < -0.3 is 25.5 Å². The van der Waals surface area contributed by atoms with Gasteiger partial charge >= 0.3 is 11.9 Å². The molecule has 4 aliphatic rings. The molecule has 1 aromatic rings. The van der Waals surface area contributed by atoms with Gasteiger partial charge in [-0.1, -0.05) is 32.9 Å². The van der Waals surface area contributed by atoms with Crippen LogP contribution >= 0.6 is 0 Å². The number of hydrogen-bond acceptors (Lipinski definition) is 6. The van der Waals surface area contributed by atoms with E-state index in [1.807, 2.05) is 0 Å². The van der Waals surface area contributed by atoms with Crippen molar-refractivity contribution in [2.45, 2.75) is 96.9 Å². The molecule has 4 fully saturated rings. The summed E-state index contributed by atoms with van der Waals surface area (Å²) in [6.07, 6.45) is 8.02. The van der Waals surface area contributed by atoms with Crippen LogP contribution in [0.25, 0.3) is 0 Å². The summed E-state index contributed by atoms with van der Waals surface area (Å²) in [5.41, 5.74) is 0.445. The number of carbonyl (C=O) groups is 3. The fourth-order valence-electron chi connectivity index (χ4n) is 9.05. The van der Waals surface area contributed by atoms with Crippen molar-refractivity contribution in [1.29, 1.82) is 0 Å². The smallest absolute Gasteiger partial charge is 0.394 e. The van der Waals surface area contributed by atoms with Crippen LogP contribution in [0, 0.1) is 41.4 Å². The maximum absolute atomic E-state index is 13.4. The zero-order chi connectivity index (χ0) is 30.1. The van der Waals surface area contributed by atoms with Gasteiger partial charge in [0.15, 0.2) is 0 Å². The highest BCUT2D eigenvalue weighted by Gasteiger charge is 2.44. The van der Waals surface area contributed by atoms with Gasteiger partial charge in [0.1, 0.15) is 0 Å². The predicted molar refractivity (Wildman–Crippen MR) is 161 cm³/mol. The lowest BCUT2D eigenvalue weighted by Crippen LogP contribution is -2.50. The van der Waals surface area contributed by atoms with Crippen molar-refractivity contribution in [3.8, 4) is 0 Å². The molecule has 2 aliphatic carbocycles. The molecule has 0 aromatic heterocycles. The molecule has 2 aliphatic heterocycles. The average Bonchev–Trinajstić information content (AvgIpc) is 3.37. The largest absolute Gasteiger partial charge is 0.474 e. The van der Waals surface area contributed by atoms with E-state index in [1.54, 1.807) is 18.2 Å². The molecule has 2 heterocycles. The Balaban J connectivity index is 1.43. The van der Waals surface area contributed by atoms with Gasteiger partial charge in [0, 0.05) is 25.2 Å². The first kappa shape index (κ1) is 31.0. The Morgan fingerprint density at radius 2 is 1.57 bits per heavy atom. The summed E-state index contributed by atoms with van der Waals surface area (Å²) in [7, 11) is 0. The summed E-state index contributed by atoms with van der Waals surface area (Å²) in [5.74, 6) is 0.905. The minimum Gasteiger partial charge on any atom is -0.474 e. The highest BCUT2D eigenvalue weighted by atomic mass is 16.5. The first-order valence-corrected chi connectivity index (χ1v) is 16.1. The molecule has 2 amide bonds. The minimum absolute atomic E-state index is 0.159. The number of fused-ring (bicyclic) bond motifs is 6. The number of rotatable bonds is 6. The topological polar surface area (TPSA) is 130 Å². The third-order valence-electron chi connectivity index (χ3n) is 11.2. The molecule has 232 valence electrons. The Morgan fingerprint density at radius 3 is 2.21 bits per heavy atom.